The van der Waals surface area contributed by atoms with Gasteiger partial charge in [-0.2, -0.15) is 0 Å². The van der Waals surface area contributed by atoms with Gasteiger partial charge in [0, 0.05) is 19.5 Å². The van der Waals surface area contributed by atoms with Gasteiger partial charge in [0.15, 0.2) is 0 Å². The first-order valence-electron chi connectivity index (χ1n) is 5.40. The van der Waals surface area contributed by atoms with Gasteiger partial charge in [-0.25, -0.2) is 0 Å². The minimum absolute atomic E-state index is 0.0294. The maximum Gasteiger partial charge on any atom is 0.229 e. The molecule has 0 bridgehead atoms. The van der Waals surface area contributed by atoms with Gasteiger partial charge >= 0.3 is 0 Å². The average Bonchev–Trinajstić information content (AvgIpc) is 2.16. The number of hydrogen-bond acceptors (Lipinski definition) is 2. The van der Waals surface area contributed by atoms with E-state index in [0.717, 1.165) is 11.4 Å². The van der Waals surface area contributed by atoms with Gasteiger partial charge in [-0.05, 0) is 12.1 Å². The number of anilines is 2. The van der Waals surface area contributed by atoms with Crippen molar-refractivity contribution in [1.29, 1.82) is 0 Å². The molecule has 0 saturated heterocycles. The number of benzene rings is 1. The van der Waals surface area contributed by atoms with E-state index < -0.39 is 0 Å². The van der Waals surface area contributed by atoms with Crippen molar-refractivity contribution >= 4 is 17.3 Å². The smallest absolute Gasteiger partial charge is 0.229 e. The largest absolute Gasteiger partial charge is 0.376 e. The monoisotopic (exact) mass is 220 g/mol. The molecule has 0 radical (unpaired) electrons. The third-order valence-corrected chi connectivity index (χ3v) is 2.32. The molecular weight excluding hydrogens is 200 g/mol. The Morgan fingerprint density at radius 2 is 1.75 bits per heavy atom. The molecule has 0 aliphatic carbocycles. The van der Waals surface area contributed by atoms with E-state index in [1.54, 1.807) is 0 Å². The van der Waals surface area contributed by atoms with E-state index in [0.29, 0.717) is 0 Å². The molecule has 1 rings (SSSR count). The van der Waals surface area contributed by atoms with E-state index in [2.05, 4.69) is 5.32 Å². The van der Waals surface area contributed by atoms with Crippen molar-refractivity contribution in [3.63, 3.8) is 0 Å². The zero-order chi connectivity index (χ0) is 12.3. The molecule has 0 unspecified atom stereocenters. The van der Waals surface area contributed by atoms with E-state index >= 15 is 0 Å². The second-order valence-corrected chi connectivity index (χ2v) is 5.12. The average molecular weight is 220 g/mol. The number of nitrogens with zero attached hydrogens (tertiary/aromatic N) is 1. The SMILES string of the molecule is CN(C)c1ccccc1NC(=O)C(C)(C)C. The van der Waals surface area contributed by atoms with E-state index in [1.807, 2.05) is 64.0 Å². The minimum atomic E-state index is -0.376. The first kappa shape index (κ1) is 12.6. The summed E-state index contributed by atoms with van der Waals surface area (Å²) in [7, 11) is 3.92. The lowest BCUT2D eigenvalue weighted by molar-refractivity contribution is -0.123. The van der Waals surface area contributed by atoms with Crippen LogP contribution in [0.4, 0.5) is 11.4 Å². The number of amides is 1. The molecule has 0 aromatic heterocycles. The maximum absolute atomic E-state index is 11.9. The molecule has 0 saturated carbocycles. The number of carbonyl (C=O) groups is 1. The van der Waals surface area contributed by atoms with Crippen molar-refractivity contribution in [2.24, 2.45) is 5.41 Å². The normalized spacial score (nSPS) is 11.1. The summed E-state index contributed by atoms with van der Waals surface area (Å²) in [6.07, 6.45) is 0. The molecule has 0 spiro atoms. The van der Waals surface area contributed by atoms with E-state index in [4.69, 9.17) is 0 Å². The van der Waals surface area contributed by atoms with Crippen molar-refractivity contribution in [2.45, 2.75) is 20.8 Å². The zero-order valence-corrected chi connectivity index (χ0v) is 10.7. The van der Waals surface area contributed by atoms with Crippen LogP contribution in [-0.2, 0) is 4.79 Å². The van der Waals surface area contributed by atoms with Crippen molar-refractivity contribution < 1.29 is 4.79 Å². The molecule has 1 N–H and O–H groups in total. The highest BCUT2D eigenvalue weighted by atomic mass is 16.2. The van der Waals surface area contributed by atoms with Gasteiger partial charge in [0.05, 0.1) is 11.4 Å². The van der Waals surface area contributed by atoms with Gasteiger partial charge in [0.2, 0.25) is 5.91 Å². The fourth-order valence-corrected chi connectivity index (χ4v) is 1.28. The molecule has 1 aromatic rings. The predicted molar refractivity (Wildman–Crippen MR) is 68.9 cm³/mol. The maximum atomic E-state index is 11.9. The molecule has 3 nitrogen and oxygen atoms in total. The Labute approximate surface area is 97.5 Å². The summed E-state index contributed by atoms with van der Waals surface area (Å²) < 4.78 is 0. The third kappa shape index (κ3) is 2.99. The summed E-state index contributed by atoms with van der Waals surface area (Å²) in [4.78, 5) is 13.9. The highest BCUT2D eigenvalue weighted by Crippen LogP contribution is 2.25. The van der Waals surface area contributed by atoms with E-state index in [9.17, 15) is 4.79 Å². The van der Waals surface area contributed by atoms with Crippen LogP contribution in [0.5, 0.6) is 0 Å². The van der Waals surface area contributed by atoms with Crippen LogP contribution < -0.4 is 10.2 Å². The Balaban J connectivity index is 2.94. The van der Waals surface area contributed by atoms with Gasteiger partial charge in [0.1, 0.15) is 0 Å². The first-order valence-corrected chi connectivity index (χ1v) is 5.40. The summed E-state index contributed by atoms with van der Waals surface area (Å²) in [5, 5.41) is 2.95. The standard InChI is InChI=1S/C13H20N2O/c1-13(2,3)12(16)14-10-8-6-7-9-11(10)15(4)5/h6-9H,1-5H3,(H,14,16). The lowest BCUT2D eigenvalue weighted by Crippen LogP contribution is -2.28. The van der Waals surface area contributed by atoms with E-state index in [-0.39, 0.29) is 11.3 Å². The molecule has 3 heteroatoms. The fourth-order valence-electron chi connectivity index (χ4n) is 1.28. The molecule has 88 valence electrons. The predicted octanol–water partition coefficient (Wildman–Crippen LogP) is 2.74. The highest BCUT2D eigenvalue weighted by Gasteiger charge is 2.22. The summed E-state index contributed by atoms with van der Waals surface area (Å²) in [6.45, 7) is 5.71. The van der Waals surface area contributed by atoms with Crippen LogP contribution in [0.15, 0.2) is 24.3 Å². The quantitative estimate of drug-likeness (QED) is 0.831. The van der Waals surface area contributed by atoms with Crippen LogP contribution in [0, 0.1) is 5.41 Å². The molecule has 16 heavy (non-hydrogen) atoms. The summed E-state index contributed by atoms with van der Waals surface area (Å²) in [6, 6.07) is 7.78. The molecular formula is C13H20N2O. The van der Waals surface area contributed by atoms with Crippen molar-refractivity contribution in [3.8, 4) is 0 Å². The Bertz CT molecular complexity index is 378. The topological polar surface area (TPSA) is 32.3 Å². The van der Waals surface area contributed by atoms with Crippen LogP contribution in [0.2, 0.25) is 0 Å². The highest BCUT2D eigenvalue weighted by molar-refractivity contribution is 5.97. The number of hydrogen-bond donors (Lipinski definition) is 1. The van der Waals surface area contributed by atoms with E-state index in [1.165, 1.54) is 0 Å². The number of rotatable bonds is 2. The van der Waals surface area contributed by atoms with Crippen LogP contribution >= 0.6 is 0 Å². The van der Waals surface area contributed by atoms with Gasteiger partial charge in [0.25, 0.3) is 0 Å². The third-order valence-electron chi connectivity index (χ3n) is 2.32. The fraction of sp³-hybridized carbons (Fsp3) is 0.462. The Morgan fingerprint density at radius 3 is 2.25 bits per heavy atom. The van der Waals surface area contributed by atoms with Crippen LogP contribution in [0.1, 0.15) is 20.8 Å². The van der Waals surface area contributed by atoms with Gasteiger partial charge in [-0.3, -0.25) is 4.79 Å². The Morgan fingerprint density at radius 1 is 1.19 bits per heavy atom. The summed E-state index contributed by atoms with van der Waals surface area (Å²) in [5.74, 6) is 0.0294. The van der Waals surface area contributed by atoms with Gasteiger partial charge in [-0.1, -0.05) is 32.9 Å². The van der Waals surface area contributed by atoms with Crippen LogP contribution in [0.3, 0.4) is 0 Å². The summed E-state index contributed by atoms with van der Waals surface area (Å²) >= 11 is 0. The number of nitrogens with one attached hydrogen (secondary N) is 1. The van der Waals surface area contributed by atoms with Gasteiger partial charge in [-0.15, -0.1) is 0 Å². The molecule has 1 aromatic carbocycles. The molecule has 0 aliphatic heterocycles. The zero-order valence-electron chi connectivity index (χ0n) is 10.7. The van der Waals surface area contributed by atoms with Crippen molar-refractivity contribution in [3.05, 3.63) is 24.3 Å². The Kier molecular flexibility index (Phi) is 3.58. The molecule has 1 amide bonds. The Hall–Kier alpha value is -1.51. The molecule has 0 aliphatic rings. The number of carbonyl (C=O) groups excluding carboxylic acids is 1. The second-order valence-electron chi connectivity index (χ2n) is 5.12. The molecule has 0 fully saturated rings. The summed E-state index contributed by atoms with van der Waals surface area (Å²) in [5.41, 5.74) is 1.49. The molecule has 0 atom stereocenters. The van der Waals surface area contributed by atoms with Crippen molar-refractivity contribution in [1.82, 2.24) is 0 Å². The first-order chi connectivity index (χ1) is 7.32. The van der Waals surface area contributed by atoms with Gasteiger partial charge < -0.3 is 10.2 Å². The van der Waals surface area contributed by atoms with Crippen LogP contribution in [-0.4, -0.2) is 20.0 Å². The number of para-hydroxylation sites is 2. The lowest BCUT2D eigenvalue weighted by atomic mass is 9.95. The van der Waals surface area contributed by atoms with Crippen LogP contribution in [0.25, 0.3) is 0 Å². The second kappa shape index (κ2) is 4.56. The molecule has 0 heterocycles. The lowest BCUT2D eigenvalue weighted by Gasteiger charge is -2.22. The minimum Gasteiger partial charge on any atom is -0.376 e. The van der Waals surface area contributed by atoms with Crippen molar-refractivity contribution in [2.75, 3.05) is 24.3 Å².